The molecule has 1 saturated heterocycles. The second-order valence-corrected chi connectivity index (χ2v) is 10.2. The van der Waals surface area contributed by atoms with E-state index < -0.39 is 25.9 Å². The average Bonchev–Trinajstić information content (AvgIpc) is 2.75. The van der Waals surface area contributed by atoms with Crippen molar-refractivity contribution in [2.75, 3.05) is 18.1 Å². The fraction of sp³-hybridized carbons (Fsp3) is 0.429. The number of sulfone groups is 1. The summed E-state index contributed by atoms with van der Waals surface area (Å²) in [6.07, 6.45) is 5.55. The van der Waals surface area contributed by atoms with Crippen molar-refractivity contribution in [1.29, 1.82) is 0 Å². The molecule has 0 aliphatic carbocycles. The lowest BCUT2D eigenvalue weighted by molar-refractivity contribution is 0.371. The molecule has 0 N–H and O–H groups in total. The van der Waals surface area contributed by atoms with Crippen LogP contribution in [0.5, 0.6) is 0 Å². The molecule has 5 nitrogen and oxygen atoms in total. The summed E-state index contributed by atoms with van der Waals surface area (Å²) in [6, 6.07) is 4.28. The molecular formula is C14H16BrNO4S2. The Morgan fingerprint density at radius 2 is 2.14 bits per heavy atom. The number of rotatable bonds is 4. The van der Waals surface area contributed by atoms with Gasteiger partial charge in [-0.15, -0.1) is 6.42 Å². The number of sulfonamides is 1. The first kappa shape index (κ1) is 17.5. The minimum Gasteiger partial charge on any atom is -0.229 e. The maximum Gasteiger partial charge on any atom is 0.245 e. The topological polar surface area (TPSA) is 71.5 Å². The van der Waals surface area contributed by atoms with Gasteiger partial charge in [0.25, 0.3) is 0 Å². The van der Waals surface area contributed by atoms with E-state index in [0.29, 0.717) is 4.47 Å². The number of terminal acetylenes is 1. The molecule has 2 rings (SSSR count). The second-order valence-electron chi connectivity index (χ2n) is 5.25. The molecule has 0 radical (unpaired) electrons. The Morgan fingerprint density at radius 1 is 1.45 bits per heavy atom. The molecule has 1 aliphatic rings. The summed E-state index contributed by atoms with van der Waals surface area (Å²) in [5.41, 5.74) is 0.915. The van der Waals surface area contributed by atoms with Crippen LogP contribution in [-0.4, -0.2) is 45.2 Å². The van der Waals surface area contributed by atoms with Gasteiger partial charge in [0.15, 0.2) is 9.84 Å². The van der Waals surface area contributed by atoms with Crippen LogP contribution < -0.4 is 0 Å². The molecule has 0 saturated carbocycles. The molecule has 0 amide bonds. The van der Waals surface area contributed by atoms with Crippen molar-refractivity contribution in [2.24, 2.45) is 0 Å². The van der Waals surface area contributed by atoms with Gasteiger partial charge in [0.2, 0.25) is 10.0 Å². The number of benzene rings is 1. The van der Waals surface area contributed by atoms with Crippen LogP contribution in [-0.2, 0) is 19.9 Å². The smallest absolute Gasteiger partial charge is 0.229 e. The summed E-state index contributed by atoms with van der Waals surface area (Å²) in [4.78, 5) is 0.0950. The van der Waals surface area contributed by atoms with Gasteiger partial charge >= 0.3 is 0 Å². The molecule has 0 aromatic heterocycles. The molecule has 1 unspecified atom stereocenters. The molecule has 1 heterocycles. The summed E-state index contributed by atoms with van der Waals surface area (Å²) >= 11 is 3.26. The van der Waals surface area contributed by atoms with Gasteiger partial charge < -0.3 is 0 Å². The SMILES string of the molecule is C#CCN(C1CCS(=O)(=O)C1)S(=O)(=O)c1ccc(C)cc1Br. The molecule has 8 heteroatoms. The van der Waals surface area contributed by atoms with E-state index in [1.54, 1.807) is 12.1 Å². The Kier molecular flexibility index (Phi) is 5.02. The van der Waals surface area contributed by atoms with Gasteiger partial charge in [-0.2, -0.15) is 4.31 Å². The van der Waals surface area contributed by atoms with E-state index in [9.17, 15) is 16.8 Å². The van der Waals surface area contributed by atoms with Crippen molar-refractivity contribution in [3.8, 4) is 12.3 Å². The van der Waals surface area contributed by atoms with E-state index >= 15 is 0 Å². The highest BCUT2D eigenvalue weighted by molar-refractivity contribution is 9.10. The third kappa shape index (κ3) is 3.54. The van der Waals surface area contributed by atoms with Gasteiger partial charge in [-0.25, -0.2) is 16.8 Å². The van der Waals surface area contributed by atoms with E-state index in [-0.39, 0.29) is 29.4 Å². The minimum absolute atomic E-state index is 0.0106. The summed E-state index contributed by atoms with van der Waals surface area (Å²) in [5.74, 6) is 2.12. The molecule has 1 aliphatic heterocycles. The van der Waals surface area contributed by atoms with Crippen LogP contribution in [0.15, 0.2) is 27.6 Å². The summed E-state index contributed by atoms with van der Waals surface area (Å²) < 4.78 is 50.6. The van der Waals surface area contributed by atoms with E-state index in [1.165, 1.54) is 6.07 Å². The monoisotopic (exact) mass is 405 g/mol. The van der Waals surface area contributed by atoms with Crippen molar-refractivity contribution in [3.63, 3.8) is 0 Å². The normalized spacial score (nSPS) is 20.9. The van der Waals surface area contributed by atoms with E-state index in [4.69, 9.17) is 6.42 Å². The average molecular weight is 406 g/mol. The van der Waals surface area contributed by atoms with Gasteiger partial charge in [0, 0.05) is 10.5 Å². The lowest BCUT2D eigenvalue weighted by atomic mass is 10.2. The van der Waals surface area contributed by atoms with Gasteiger partial charge in [-0.05, 0) is 47.0 Å². The lowest BCUT2D eigenvalue weighted by Crippen LogP contribution is -2.41. The van der Waals surface area contributed by atoms with Crippen molar-refractivity contribution in [1.82, 2.24) is 4.31 Å². The predicted octanol–water partition coefficient (Wildman–Crippen LogP) is 1.57. The molecule has 1 atom stereocenters. The number of hydrogen-bond donors (Lipinski definition) is 0. The largest absolute Gasteiger partial charge is 0.245 e. The molecule has 0 bridgehead atoms. The number of hydrogen-bond acceptors (Lipinski definition) is 4. The third-order valence-corrected chi connectivity index (χ3v) is 8.16. The first-order valence-corrected chi connectivity index (χ1v) is 10.6. The van der Waals surface area contributed by atoms with Crippen LogP contribution in [0, 0.1) is 19.3 Å². The van der Waals surface area contributed by atoms with E-state index in [1.807, 2.05) is 6.92 Å². The predicted molar refractivity (Wildman–Crippen MR) is 88.7 cm³/mol. The fourth-order valence-electron chi connectivity index (χ4n) is 2.44. The Morgan fingerprint density at radius 3 is 2.64 bits per heavy atom. The van der Waals surface area contributed by atoms with Gasteiger partial charge in [0.05, 0.1) is 22.9 Å². The van der Waals surface area contributed by atoms with Crippen LogP contribution in [0.2, 0.25) is 0 Å². The quantitative estimate of drug-likeness (QED) is 0.712. The van der Waals surface area contributed by atoms with Gasteiger partial charge in [0.1, 0.15) is 0 Å². The molecule has 1 aromatic rings. The summed E-state index contributed by atoms with van der Waals surface area (Å²) in [5, 5.41) is 0. The van der Waals surface area contributed by atoms with Crippen LogP contribution in [0.4, 0.5) is 0 Å². The Bertz CT molecular complexity index is 825. The zero-order valence-electron chi connectivity index (χ0n) is 12.0. The molecule has 0 spiro atoms. The fourth-order valence-corrected chi connectivity index (χ4v) is 6.99. The lowest BCUT2D eigenvalue weighted by Gasteiger charge is -2.26. The first-order chi connectivity index (χ1) is 10.2. The zero-order valence-corrected chi connectivity index (χ0v) is 15.2. The maximum atomic E-state index is 12.9. The molecule has 120 valence electrons. The van der Waals surface area contributed by atoms with Crippen molar-refractivity contribution >= 4 is 35.8 Å². The van der Waals surface area contributed by atoms with Gasteiger partial charge in [-0.3, -0.25) is 0 Å². The highest BCUT2D eigenvalue weighted by atomic mass is 79.9. The van der Waals surface area contributed by atoms with Crippen LogP contribution >= 0.6 is 15.9 Å². The standard InChI is InChI=1S/C14H16BrNO4S2/c1-3-7-16(12-6-8-21(17,18)10-12)22(19,20)14-5-4-11(2)9-13(14)15/h1,4-5,9,12H,6-8,10H2,2H3. The minimum atomic E-state index is -3.86. The Labute approximate surface area is 139 Å². The summed E-state index contributed by atoms with van der Waals surface area (Å²) in [7, 11) is -7.07. The number of nitrogens with zero attached hydrogens (tertiary/aromatic N) is 1. The summed E-state index contributed by atoms with van der Waals surface area (Å²) in [6.45, 7) is 1.70. The van der Waals surface area contributed by atoms with E-state index in [2.05, 4.69) is 21.9 Å². The Hall–Kier alpha value is -0.880. The third-order valence-electron chi connectivity index (χ3n) is 3.54. The van der Waals surface area contributed by atoms with Crippen LogP contribution in [0.1, 0.15) is 12.0 Å². The van der Waals surface area contributed by atoms with Gasteiger partial charge in [-0.1, -0.05) is 12.0 Å². The zero-order chi connectivity index (χ0) is 16.5. The molecule has 22 heavy (non-hydrogen) atoms. The number of halogens is 1. The number of aryl methyl sites for hydroxylation is 1. The van der Waals surface area contributed by atoms with E-state index in [0.717, 1.165) is 9.87 Å². The maximum absolute atomic E-state index is 12.9. The highest BCUT2D eigenvalue weighted by Crippen LogP contribution is 2.29. The Balaban J connectivity index is 2.45. The van der Waals surface area contributed by atoms with Crippen molar-refractivity contribution in [3.05, 3.63) is 28.2 Å². The molecule has 1 aromatic carbocycles. The van der Waals surface area contributed by atoms with Crippen molar-refractivity contribution < 1.29 is 16.8 Å². The molecule has 1 fully saturated rings. The first-order valence-electron chi connectivity index (χ1n) is 6.59. The second kappa shape index (κ2) is 6.32. The van der Waals surface area contributed by atoms with Crippen LogP contribution in [0.3, 0.4) is 0 Å². The van der Waals surface area contributed by atoms with Crippen LogP contribution in [0.25, 0.3) is 0 Å². The highest BCUT2D eigenvalue weighted by Gasteiger charge is 2.39. The molecular weight excluding hydrogens is 390 g/mol. The van der Waals surface area contributed by atoms with Crippen molar-refractivity contribution in [2.45, 2.75) is 24.3 Å².